The van der Waals surface area contributed by atoms with E-state index < -0.39 is 17.8 Å². The summed E-state index contributed by atoms with van der Waals surface area (Å²) in [6.45, 7) is 0. The average molecular weight is 335 g/mol. The van der Waals surface area contributed by atoms with E-state index in [1.165, 1.54) is 10.9 Å². The zero-order valence-electron chi connectivity index (χ0n) is 12.1. The molecule has 1 aliphatic rings. The van der Waals surface area contributed by atoms with Crippen LogP contribution in [0.4, 0.5) is 0 Å². The van der Waals surface area contributed by atoms with Crippen LogP contribution in [0.5, 0.6) is 0 Å². The Bertz CT molecular complexity index is 746. The van der Waals surface area contributed by atoms with Crippen molar-refractivity contribution in [1.82, 2.24) is 20.3 Å². The number of amides is 1. The van der Waals surface area contributed by atoms with Crippen LogP contribution in [0, 0.1) is 5.92 Å². The molecular weight excluding hydrogens is 320 g/mol. The molecule has 120 valence electrons. The number of carbonyl (C=O) groups is 2. The molecule has 2 atom stereocenters. The third-order valence-electron chi connectivity index (χ3n) is 3.97. The van der Waals surface area contributed by atoms with E-state index >= 15 is 0 Å². The first kappa shape index (κ1) is 15.5. The van der Waals surface area contributed by atoms with Gasteiger partial charge in [-0.2, -0.15) is 0 Å². The summed E-state index contributed by atoms with van der Waals surface area (Å²) < 4.78 is 1.42. The zero-order valence-corrected chi connectivity index (χ0v) is 12.9. The van der Waals surface area contributed by atoms with Crippen LogP contribution in [-0.2, 0) is 4.79 Å². The molecule has 0 radical (unpaired) electrons. The summed E-state index contributed by atoms with van der Waals surface area (Å²) in [5, 5.41) is 20.1. The maximum Gasteiger partial charge on any atom is 0.308 e. The van der Waals surface area contributed by atoms with Crippen molar-refractivity contribution in [1.29, 1.82) is 0 Å². The van der Waals surface area contributed by atoms with Gasteiger partial charge in [-0.1, -0.05) is 35.4 Å². The molecule has 7 nitrogen and oxygen atoms in total. The molecule has 0 bridgehead atoms. The number of carboxylic acids is 1. The second-order valence-corrected chi connectivity index (χ2v) is 5.86. The second kappa shape index (κ2) is 6.37. The topological polar surface area (TPSA) is 97.1 Å². The van der Waals surface area contributed by atoms with Gasteiger partial charge >= 0.3 is 5.97 Å². The van der Waals surface area contributed by atoms with Crippen LogP contribution in [0.15, 0.2) is 30.5 Å². The molecule has 1 heterocycles. The summed E-state index contributed by atoms with van der Waals surface area (Å²) in [6, 6.07) is 6.71. The maximum absolute atomic E-state index is 12.2. The van der Waals surface area contributed by atoms with Crippen molar-refractivity contribution >= 4 is 23.5 Å². The fourth-order valence-electron chi connectivity index (χ4n) is 2.79. The van der Waals surface area contributed by atoms with Crippen LogP contribution in [0.2, 0.25) is 5.02 Å². The van der Waals surface area contributed by atoms with Crippen LogP contribution >= 0.6 is 11.6 Å². The molecule has 23 heavy (non-hydrogen) atoms. The first-order valence-electron chi connectivity index (χ1n) is 7.27. The van der Waals surface area contributed by atoms with E-state index in [1.54, 1.807) is 24.3 Å². The van der Waals surface area contributed by atoms with E-state index in [1.807, 2.05) is 0 Å². The zero-order chi connectivity index (χ0) is 16.4. The van der Waals surface area contributed by atoms with Crippen molar-refractivity contribution in [2.24, 2.45) is 5.92 Å². The smallest absolute Gasteiger partial charge is 0.308 e. The van der Waals surface area contributed by atoms with Gasteiger partial charge in [-0.3, -0.25) is 9.59 Å². The lowest BCUT2D eigenvalue weighted by molar-refractivity contribution is -0.142. The third kappa shape index (κ3) is 3.19. The first-order chi connectivity index (χ1) is 11.1. The Morgan fingerprint density at radius 2 is 2.09 bits per heavy atom. The first-order valence-corrected chi connectivity index (χ1v) is 7.65. The minimum atomic E-state index is -0.882. The highest BCUT2D eigenvalue weighted by Crippen LogP contribution is 2.26. The lowest BCUT2D eigenvalue weighted by atomic mass is 10.0. The molecule has 1 fully saturated rings. The van der Waals surface area contributed by atoms with Gasteiger partial charge < -0.3 is 10.4 Å². The van der Waals surface area contributed by atoms with Crippen LogP contribution in [0.25, 0.3) is 5.69 Å². The highest BCUT2D eigenvalue weighted by molar-refractivity contribution is 6.32. The van der Waals surface area contributed by atoms with Gasteiger partial charge in [0.25, 0.3) is 5.91 Å². The van der Waals surface area contributed by atoms with Crippen LogP contribution < -0.4 is 5.32 Å². The molecule has 2 aromatic rings. The van der Waals surface area contributed by atoms with Crippen LogP contribution in [0.3, 0.4) is 0 Å². The van der Waals surface area contributed by atoms with Crippen molar-refractivity contribution in [2.45, 2.75) is 25.3 Å². The van der Waals surface area contributed by atoms with Crippen LogP contribution in [0.1, 0.15) is 29.8 Å². The van der Waals surface area contributed by atoms with Gasteiger partial charge in [0, 0.05) is 6.04 Å². The molecule has 1 aromatic carbocycles. The monoisotopic (exact) mass is 334 g/mol. The van der Waals surface area contributed by atoms with Crippen LogP contribution in [-0.4, -0.2) is 38.0 Å². The number of carboxylic acid groups (broad SMARTS) is 1. The maximum atomic E-state index is 12.2. The molecular formula is C15H15ClN4O3. The molecule has 8 heteroatoms. The van der Waals surface area contributed by atoms with Crippen molar-refractivity contribution in [3.63, 3.8) is 0 Å². The van der Waals surface area contributed by atoms with Crippen molar-refractivity contribution in [3.8, 4) is 5.69 Å². The van der Waals surface area contributed by atoms with Gasteiger partial charge in [0.05, 0.1) is 22.8 Å². The Kier molecular flexibility index (Phi) is 4.29. The van der Waals surface area contributed by atoms with Crippen molar-refractivity contribution in [3.05, 3.63) is 41.2 Å². The van der Waals surface area contributed by atoms with Gasteiger partial charge in [-0.25, -0.2) is 4.68 Å². The van der Waals surface area contributed by atoms with Gasteiger partial charge in [-0.15, -0.1) is 5.10 Å². The number of nitrogens with zero attached hydrogens (tertiary/aromatic N) is 3. The summed E-state index contributed by atoms with van der Waals surface area (Å²) in [4.78, 5) is 23.4. The normalized spacial score (nSPS) is 20.4. The van der Waals surface area contributed by atoms with Crippen molar-refractivity contribution in [2.75, 3.05) is 0 Å². The molecule has 1 aliphatic carbocycles. The van der Waals surface area contributed by atoms with Gasteiger partial charge in [0.2, 0.25) is 0 Å². The Hall–Kier alpha value is -2.41. The molecule has 2 N–H and O–H groups in total. The number of hydrogen-bond donors (Lipinski definition) is 2. The van der Waals surface area contributed by atoms with E-state index in [0.717, 1.165) is 6.42 Å². The number of rotatable bonds is 4. The molecule has 0 aliphatic heterocycles. The SMILES string of the molecule is O=C(N[C@H]1CCC[C@H]1C(=O)O)c1cn(-c2ccccc2Cl)nn1. The summed E-state index contributed by atoms with van der Waals surface area (Å²) >= 11 is 6.08. The molecule has 1 aromatic heterocycles. The molecule has 3 rings (SSSR count). The number of halogens is 1. The third-order valence-corrected chi connectivity index (χ3v) is 4.29. The second-order valence-electron chi connectivity index (χ2n) is 5.46. The number of aliphatic carboxylic acids is 1. The van der Waals surface area contributed by atoms with E-state index in [-0.39, 0.29) is 11.7 Å². The quantitative estimate of drug-likeness (QED) is 0.890. The van der Waals surface area contributed by atoms with Gasteiger partial charge in [0.1, 0.15) is 0 Å². The number of para-hydroxylation sites is 1. The highest BCUT2D eigenvalue weighted by Gasteiger charge is 2.34. The predicted octanol–water partition coefficient (Wildman–Crippen LogP) is 1.90. The summed E-state index contributed by atoms with van der Waals surface area (Å²) in [7, 11) is 0. The van der Waals surface area contributed by atoms with E-state index in [9.17, 15) is 9.59 Å². The number of carbonyl (C=O) groups excluding carboxylic acids is 1. The predicted molar refractivity (Wildman–Crippen MR) is 82.6 cm³/mol. The van der Waals surface area contributed by atoms with Gasteiger partial charge in [-0.05, 0) is 25.0 Å². The lowest BCUT2D eigenvalue weighted by Crippen LogP contribution is -2.40. The van der Waals surface area contributed by atoms with Crippen molar-refractivity contribution < 1.29 is 14.7 Å². The molecule has 1 amide bonds. The summed E-state index contributed by atoms with van der Waals surface area (Å²) in [6.07, 6.45) is 3.49. The molecule has 0 spiro atoms. The van der Waals surface area contributed by atoms with E-state index in [4.69, 9.17) is 16.7 Å². The van der Waals surface area contributed by atoms with Gasteiger partial charge in [0.15, 0.2) is 5.69 Å². The lowest BCUT2D eigenvalue weighted by Gasteiger charge is -2.16. The number of aromatic nitrogens is 3. The Labute approximate surface area is 137 Å². The van der Waals surface area contributed by atoms with E-state index in [2.05, 4.69) is 15.6 Å². The highest BCUT2D eigenvalue weighted by atomic mass is 35.5. The molecule has 0 saturated heterocycles. The minimum absolute atomic E-state index is 0.126. The minimum Gasteiger partial charge on any atom is -0.481 e. The summed E-state index contributed by atoms with van der Waals surface area (Å²) in [5.41, 5.74) is 0.742. The molecule has 0 unspecified atom stereocenters. The number of benzene rings is 1. The standard InChI is InChI=1S/C15H15ClN4O3/c16-10-5-1-2-7-13(10)20-8-12(18-19-20)14(21)17-11-6-3-4-9(11)15(22)23/h1-2,5,7-9,11H,3-4,6H2,(H,17,21)(H,22,23)/t9-,11+/m1/s1. The van der Waals surface area contributed by atoms with E-state index in [0.29, 0.717) is 23.6 Å². The fourth-order valence-corrected chi connectivity index (χ4v) is 3.02. The Morgan fingerprint density at radius 1 is 1.30 bits per heavy atom. The summed E-state index contributed by atoms with van der Waals surface area (Å²) in [5.74, 6) is -1.86. The fraction of sp³-hybridized carbons (Fsp3) is 0.333. The Morgan fingerprint density at radius 3 is 2.83 bits per heavy atom. The number of hydrogen-bond acceptors (Lipinski definition) is 4. The number of nitrogens with one attached hydrogen (secondary N) is 1. The molecule has 1 saturated carbocycles. The largest absolute Gasteiger partial charge is 0.481 e. The Balaban J connectivity index is 1.74. The average Bonchev–Trinajstić information content (AvgIpc) is 3.16.